The van der Waals surface area contributed by atoms with E-state index in [0.717, 1.165) is 35.4 Å². The molecule has 2 aromatic rings. The van der Waals surface area contributed by atoms with E-state index in [4.69, 9.17) is 0 Å². The number of rotatable bonds is 3. The lowest BCUT2D eigenvalue weighted by molar-refractivity contribution is 0.0554. The summed E-state index contributed by atoms with van der Waals surface area (Å²) in [6.45, 7) is 2.01. The Bertz CT molecular complexity index is 819. The topological polar surface area (TPSA) is 49.4 Å². The lowest BCUT2D eigenvalue weighted by Gasteiger charge is -2.39. The molecule has 2 amide bonds. The van der Waals surface area contributed by atoms with Gasteiger partial charge in [0.15, 0.2) is 0 Å². The molecule has 0 radical (unpaired) electrons. The van der Waals surface area contributed by atoms with Gasteiger partial charge in [-0.3, -0.25) is 9.59 Å². The average molecular weight is 372 g/mol. The molecule has 2 atom stereocenters. The minimum absolute atomic E-state index is 0.0548. The van der Waals surface area contributed by atoms with E-state index in [1.807, 2.05) is 24.0 Å². The summed E-state index contributed by atoms with van der Waals surface area (Å²) in [7, 11) is 0. The molecule has 4 nitrogen and oxygen atoms in total. The zero-order chi connectivity index (χ0) is 18.3. The number of thiophene rings is 1. The molecule has 0 aliphatic carbocycles. The Morgan fingerprint density at radius 2 is 1.73 bits per heavy atom. The zero-order valence-electron chi connectivity index (χ0n) is 14.6. The number of aryl methyl sites for hydroxylation is 1. The van der Waals surface area contributed by atoms with Gasteiger partial charge in [0, 0.05) is 28.6 Å². The highest BCUT2D eigenvalue weighted by atomic mass is 32.1. The number of benzene rings is 1. The second-order valence-corrected chi connectivity index (χ2v) is 8.44. The molecule has 1 aromatic carbocycles. The number of piperidine rings is 1. The van der Waals surface area contributed by atoms with Crippen LogP contribution in [0.1, 0.15) is 50.6 Å². The Morgan fingerprint density at radius 3 is 2.31 bits per heavy atom. The molecule has 3 heterocycles. The third-order valence-electron chi connectivity index (χ3n) is 5.36. The van der Waals surface area contributed by atoms with Crippen LogP contribution in [0.15, 0.2) is 36.4 Å². The highest BCUT2D eigenvalue weighted by Gasteiger charge is 2.44. The van der Waals surface area contributed by atoms with Gasteiger partial charge in [0.1, 0.15) is 5.82 Å². The van der Waals surface area contributed by atoms with Crippen molar-refractivity contribution in [2.45, 2.75) is 50.7 Å². The quantitative estimate of drug-likeness (QED) is 0.892. The number of carbonyl (C=O) groups is 2. The van der Waals surface area contributed by atoms with Gasteiger partial charge in [-0.25, -0.2) is 4.39 Å². The normalized spacial score (nSPS) is 24.5. The van der Waals surface area contributed by atoms with Crippen LogP contribution >= 0.6 is 11.3 Å². The number of halogens is 1. The number of nitrogens with one attached hydrogen (secondary N) is 1. The molecule has 0 saturated carbocycles. The van der Waals surface area contributed by atoms with Crippen molar-refractivity contribution in [1.82, 2.24) is 10.2 Å². The van der Waals surface area contributed by atoms with Gasteiger partial charge in [-0.15, -0.1) is 11.3 Å². The van der Waals surface area contributed by atoms with Gasteiger partial charge in [0.25, 0.3) is 11.8 Å². The number of amides is 2. The van der Waals surface area contributed by atoms with Crippen molar-refractivity contribution in [1.29, 1.82) is 0 Å². The van der Waals surface area contributed by atoms with E-state index in [1.54, 1.807) is 0 Å². The Labute approximate surface area is 156 Å². The highest BCUT2D eigenvalue weighted by Crippen LogP contribution is 2.37. The monoisotopic (exact) mass is 372 g/mol. The second kappa shape index (κ2) is 6.83. The predicted octanol–water partition coefficient (Wildman–Crippen LogP) is 3.76. The van der Waals surface area contributed by atoms with E-state index in [9.17, 15) is 14.0 Å². The molecule has 1 aromatic heterocycles. The first-order valence-corrected chi connectivity index (χ1v) is 9.78. The maximum absolute atomic E-state index is 13.0. The van der Waals surface area contributed by atoms with Crippen LogP contribution in [0.4, 0.5) is 4.39 Å². The van der Waals surface area contributed by atoms with Crippen molar-refractivity contribution in [3.63, 3.8) is 0 Å². The minimum Gasteiger partial charge on any atom is -0.349 e. The van der Waals surface area contributed by atoms with Crippen molar-refractivity contribution in [2.24, 2.45) is 0 Å². The van der Waals surface area contributed by atoms with Crippen LogP contribution in [0, 0.1) is 12.7 Å². The van der Waals surface area contributed by atoms with Gasteiger partial charge in [-0.2, -0.15) is 0 Å². The van der Waals surface area contributed by atoms with E-state index in [-0.39, 0.29) is 35.8 Å². The largest absolute Gasteiger partial charge is 0.349 e. The van der Waals surface area contributed by atoms with E-state index in [1.165, 1.54) is 35.6 Å². The summed E-state index contributed by atoms with van der Waals surface area (Å²) in [6.07, 6.45) is 3.53. The maximum atomic E-state index is 13.0. The summed E-state index contributed by atoms with van der Waals surface area (Å²) in [6, 6.07) is 9.89. The van der Waals surface area contributed by atoms with Crippen molar-refractivity contribution in [2.75, 3.05) is 0 Å². The third-order valence-corrected chi connectivity index (χ3v) is 6.35. The molecule has 0 spiro atoms. The lowest BCUT2D eigenvalue weighted by atomic mass is 9.96. The Hall–Kier alpha value is -2.21. The van der Waals surface area contributed by atoms with Gasteiger partial charge in [-0.1, -0.05) is 0 Å². The summed E-state index contributed by atoms with van der Waals surface area (Å²) >= 11 is 1.54. The first kappa shape index (κ1) is 17.2. The van der Waals surface area contributed by atoms with E-state index >= 15 is 0 Å². The molecule has 1 N–H and O–H groups in total. The van der Waals surface area contributed by atoms with Gasteiger partial charge in [0.2, 0.25) is 0 Å². The van der Waals surface area contributed by atoms with Crippen molar-refractivity contribution < 1.29 is 14.0 Å². The van der Waals surface area contributed by atoms with Crippen LogP contribution in [-0.4, -0.2) is 34.8 Å². The highest BCUT2D eigenvalue weighted by molar-refractivity contribution is 7.13. The minimum atomic E-state index is -0.352. The number of nitrogens with zero attached hydrogens (tertiary/aromatic N) is 1. The van der Waals surface area contributed by atoms with Crippen LogP contribution in [-0.2, 0) is 0 Å². The molecule has 2 aliphatic heterocycles. The fraction of sp³-hybridized carbons (Fsp3) is 0.400. The Balaban J connectivity index is 1.42. The lowest BCUT2D eigenvalue weighted by Crippen LogP contribution is -2.52. The number of fused-ring (bicyclic) bond motifs is 2. The molecule has 2 fully saturated rings. The third kappa shape index (κ3) is 3.26. The standard InChI is InChI=1S/C20H21FN2O2S/c1-12-2-9-18(26-12)20(25)23-16-7-8-17(23)11-15(10-16)22-19(24)13-3-5-14(21)6-4-13/h2-6,9,15-17H,7-8,10-11H2,1H3,(H,22,24). The fourth-order valence-corrected chi connectivity index (χ4v) is 4.98. The summed E-state index contributed by atoms with van der Waals surface area (Å²) in [5, 5.41) is 3.06. The molecule has 2 saturated heterocycles. The first-order valence-electron chi connectivity index (χ1n) is 8.97. The zero-order valence-corrected chi connectivity index (χ0v) is 15.4. The first-order chi connectivity index (χ1) is 12.5. The van der Waals surface area contributed by atoms with Gasteiger partial charge >= 0.3 is 0 Å². The van der Waals surface area contributed by atoms with Gasteiger partial charge < -0.3 is 10.2 Å². The summed E-state index contributed by atoms with van der Waals surface area (Å²) in [5.41, 5.74) is 0.464. The van der Waals surface area contributed by atoms with E-state index in [0.29, 0.717) is 5.56 Å². The number of hydrogen-bond acceptors (Lipinski definition) is 3. The maximum Gasteiger partial charge on any atom is 0.264 e. The molecule has 2 aliphatic rings. The van der Waals surface area contributed by atoms with Gasteiger partial charge in [-0.05, 0) is 69.0 Å². The molecule has 4 rings (SSSR count). The molecule has 2 bridgehead atoms. The number of carbonyl (C=O) groups excluding carboxylic acids is 2. The Morgan fingerprint density at radius 1 is 1.08 bits per heavy atom. The molecule has 2 unspecified atom stereocenters. The van der Waals surface area contributed by atoms with Gasteiger partial charge in [0.05, 0.1) is 4.88 Å². The summed E-state index contributed by atoms with van der Waals surface area (Å²) in [4.78, 5) is 29.2. The van der Waals surface area contributed by atoms with Crippen molar-refractivity contribution in [3.8, 4) is 0 Å². The Kier molecular flexibility index (Phi) is 4.53. The van der Waals surface area contributed by atoms with Crippen molar-refractivity contribution >= 4 is 23.2 Å². The molecule has 26 heavy (non-hydrogen) atoms. The van der Waals surface area contributed by atoms with Crippen molar-refractivity contribution in [3.05, 3.63) is 57.5 Å². The smallest absolute Gasteiger partial charge is 0.264 e. The van der Waals surface area contributed by atoms with Crippen LogP contribution in [0.2, 0.25) is 0 Å². The average Bonchev–Trinajstić information content (AvgIpc) is 3.16. The van der Waals surface area contributed by atoms with Crippen LogP contribution in [0.3, 0.4) is 0 Å². The van der Waals surface area contributed by atoms with Crippen LogP contribution in [0.25, 0.3) is 0 Å². The summed E-state index contributed by atoms with van der Waals surface area (Å²) in [5.74, 6) is -0.405. The SMILES string of the molecule is Cc1ccc(C(=O)N2C3CCC2CC(NC(=O)c2ccc(F)cc2)C3)s1. The summed E-state index contributed by atoms with van der Waals surface area (Å²) < 4.78 is 13.0. The van der Waals surface area contributed by atoms with E-state index in [2.05, 4.69) is 5.32 Å². The van der Waals surface area contributed by atoms with Crippen LogP contribution < -0.4 is 5.32 Å². The fourth-order valence-electron chi connectivity index (χ4n) is 4.17. The second-order valence-electron chi connectivity index (χ2n) is 7.16. The molecule has 136 valence electrons. The molecular weight excluding hydrogens is 351 g/mol. The van der Waals surface area contributed by atoms with E-state index < -0.39 is 0 Å². The van der Waals surface area contributed by atoms with Crippen LogP contribution in [0.5, 0.6) is 0 Å². The molecule has 6 heteroatoms. The number of hydrogen-bond donors (Lipinski definition) is 1. The molecular formula is C20H21FN2O2S. The predicted molar refractivity (Wildman–Crippen MR) is 98.9 cm³/mol.